The van der Waals surface area contributed by atoms with Gasteiger partial charge in [0.2, 0.25) is 0 Å². The predicted octanol–water partition coefficient (Wildman–Crippen LogP) is 4.43. The Balaban J connectivity index is 1.63. The Bertz CT molecular complexity index is 868. The van der Waals surface area contributed by atoms with E-state index in [0.717, 1.165) is 16.3 Å². The number of amides is 1. The van der Waals surface area contributed by atoms with E-state index in [9.17, 15) is 4.79 Å². The highest BCUT2D eigenvalue weighted by Gasteiger charge is 2.03. The summed E-state index contributed by atoms with van der Waals surface area (Å²) in [5.74, 6) is 0.711. The number of carbonyl (C=O) groups excluding carboxylic acids is 1. The summed E-state index contributed by atoms with van der Waals surface area (Å²) in [5.41, 5.74) is 1.48. The van der Waals surface area contributed by atoms with Gasteiger partial charge in [0.25, 0.3) is 0 Å². The number of hydrogen-bond donors (Lipinski definition) is 1. The van der Waals surface area contributed by atoms with Crippen molar-refractivity contribution in [3.8, 4) is 5.75 Å². The molecular weight excluding hydrogens is 304 g/mol. The maximum absolute atomic E-state index is 11.7. The van der Waals surface area contributed by atoms with Gasteiger partial charge in [-0.15, -0.1) is 0 Å². The van der Waals surface area contributed by atoms with Gasteiger partial charge in [-0.25, -0.2) is 4.79 Å². The van der Waals surface area contributed by atoms with Crippen LogP contribution in [0.4, 0.5) is 10.5 Å². The lowest BCUT2D eigenvalue weighted by Crippen LogP contribution is -2.10. The van der Waals surface area contributed by atoms with Crippen molar-refractivity contribution in [2.24, 2.45) is 5.16 Å². The van der Waals surface area contributed by atoms with Crippen molar-refractivity contribution in [2.45, 2.75) is 0 Å². The number of carbonyl (C=O) groups is 1. The van der Waals surface area contributed by atoms with Crippen LogP contribution in [0.2, 0.25) is 0 Å². The molecule has 24 heavy (non-hydrogen) atoms. The highest BCUT2D eigenvalue weighted by Crippen LogP contribution is 2.17. The number of rotatable bonds is 4. The Morgan fingerprint density at radius 3 is 2.54 bits per heavy atom. The normalized spacial score (nSPS) is 10.7. The number of methoxy groups -OCH3 is 1. The number of anilines is 1. The summed E-state index contributed by atoms with van der Waals surface area (Å²) in [4.78, 5) is 16.6. The molecule has 0 aliphatic carbocycles. The summed E-state index contributed by atoms with van der Waals surface area (Å²) in [6.07, 6.45) is 0.868. The van der Waals surface area contributed by atoms with Gasteiger partial charge in [-0.1, -0.05) is 47.6 Å². The third-order valence-corrected chi connectivity index (χ3v) is 3.49. The third kappa shape index (κ3) is 3.70. The van der Waals surface area contributed by atoms with Gasteiger partial charge in [0.05, 0.1) is 13.3 Å². The van der Waals surface area contributed by atoms with Crippen LogP contribution in [-0.2, 0) is 4.84 Å². The molecule has 0 aliphatic heterocycles. The average molecular weight is 320 g/mol. The predicted molar refractivity (Wildman–Crippen MR) is 94.6 cm³/mol. The first-order valence-electron chi connectivity index (χ1n) is 7.39. The van der Waals surface area contributed by atoms with Gasteiger partial charge in [-0.2, -0.15) is 0 Å². The molecule has 0 bridgehead atoms. The van der Waals surface area contributed by atoms with Crippen LogP contribution in [0.25, 0.3) is 10.8 Å². The standard InChI is InChI=1S/C19H16N2O3/c1-23-17-11-9-16(10-12-17)21-19(22)24-20-13-15-7-4-6-14-5-2-3-8-18(14)15/h2-13H,1H3,(H,21,22)/b20-13+. The lowest BCUT2D eigenvalue weighted by atomic mass is 10.1. The van der Waals surface area contributed by atoms with Crippen LogP contribution in [0.15, 0.2) is 71.9 Å². The molecule has 0 fully saturated rings. The molecule has 3 rings (SSSR count). The summed E-state index contributed by atoms with van der Waals surface area (Å²) in [5, 5.41) is 8.49. The van der Waals surface area contributed by atoms with E-state index in [1.54, 1.807) is 31.4 Å². The van der Waals surface area contributed by atoms with Gasteiger partial charge in [0, 0.05) is 11.3 Å². The highest BCUT2D eigenvalue weighted by molar-refractivity contribution is 5.99. The van der Waals surface area contributed by atoms with Crippen molar-refractivity contribution in [1.29, 1.82) is 0 Å². The minimum absolute atomic E-state index is 0.598. The van der Waals surface area contributed by atoms with Crippen molar-refractivity contribution < 1.29 is 14.4 Å². The van der Waals surface area contributed by atoms with Crippen molar-refractivity contribution in [1.82, 2.24) is 0 Å². The van der Waals surface area contributed by atoms with E-state index in [2.05, 4.69) is 10.5 Å². The van der Waals surface area contributed by atoms with E-state index in [-0.39, 0.29) is 0 Å². The number of oxime groups is 1. The van der Waals surface area contributed by atoms with Crippen molar-refractivity contribution in [3.63, 3.8) is 0 Å². The fourth-order valence-corrected chi connectivity index (χ4v) is 2.31. The molecular formula is C19H16N2O3. The van der Waals surface area contributed by atoms with Crippen molar-refractivity contribution >= 4 is 28.8 Å². The zero-order chi connectivity index (χ0) is 16.8. The molecule has 1 amide bonds. The molecule has 5 nitrogen and oxygen atoms in total. The molecule has 0 saturated heterocycles. The number of hydrogen-bond acceptors (Lipinski definition) is 4. The molecule has 1 N–H and O–H groups in total. The molecule has 0 atom stereocenters. The summed E-state index contributed by atoms with van der Waals surface area (Å²) in [6.45, 7) is 0. The summed E-state index contributed by atoms with van der Waals surface area (Å²) in [6, 6.07) is 20.7. The highest BCUT2D eigenvalue weighted by atomic mass is 16.7. The van der Waals surface area contributed by atoms with Gasteiger partial charge in [0.15, 0.2) is 0 Å². The Hall–Kier alpha value is -3.34. The minimum Gasteiger partial charge on any atom is -0.497 e. The molecule has 0 aromatic heterocycles. The molecule has 0 saturated carbocycles. The van der Waals surface area contributed by atoms with Gasteiger partial charge < -0.3 is 4.74 Å². The van der Waals surface area contributed by atoms with E-state index in [0.29, 0.717) is 11.4 Å². The molecule has 0 radical (unpaired) electrons. The number of fused-ring (bicyclic) bond motifs is 1. The molecule has 3 aromatic carbocycles. The maximum Gasteiger partial charge on any atom is 0.437 e. The second-order valence-corrected chi connectivity index (χ2v) is 5.04. The molecule has 0 unspecified atom stereocenters. The topological polar surface area (TPSA) is 59.9 Å². The SMILES string of the molecule is COc1ccc(NC(=O)O/N=C/c2cccc3ccccc23)cc1. The lowest BCUT2D eigenvalue weighted by molar-refractivity contribution is 0.167. The second kappa shape index (κ2) is 7.28. The molecule has 3 aromatic rings. The van der Waals surface area contributed by atoms with Crippen LogP contribution in [0.1, 0.15) is 5.56 Å². The zero-order valence-corrected chi connectivity index (χ0v) is 13.1. The van der Waals surface area contributed by atoms with E-state index in [1.165, 1.54) is 6.21 Å². The first-order valence-corrected chi connectivity index (χ1v) is 7.39. The van der Waals surface area contributed by atoms with E-state index >= 15 is 0 Å². The Morgan fingerprint density at radius 2 is 1.75 bits per heavy atom. The fourth-order valence-electron chi connectivity index (χ4n) is 2.31. The molecule has 0 heterocycles. The summed E-state index contributed by atoms with van der Waals surface area (Å²) >= 11 is 0. The Kier molecular flexibility index (Phi) is 4.72. The van der Waals surface area contributed by atoms with Crippen LogP contribution < -0.4 is 10.1 Å². The van der Waals surface area contributed by atoms with Gasteiger partial charge in [0.1, 0.15) is 5.75 Å². The van der Waals surface area contributed by atoms with E-state index in [4.69, 9.17) is 9.57 Å². The molecule has 0 spiro atoms. The quantitative estimate of drug-likeness (QED) is 0.439. The van der Waals surface area contributed by atoms with Gasteiger partial charge >= 0.3 is 6.09 Å². The molecule has 120 valence electrons. The first-order chi connectivity index (χ1) is 11.8. The largest absolute Gasteiger partial charge is 0.497 e. The number of ether oxygens (including phenoxy) is 1. The maximum atomic E-state index is 11.7. The number of nitrogens with zero attached hydrogens (tertiary/aromatic N) is 1. The zero-order valence-electron chi connectivity index (χ0n) is 13.1. The van der Waals surface area contributed by atoms with Crippen LogP contribution in [0.3, 0.4) is 0 Å². The summed E-state index contributed by atoms with van der Waals surface area (Å²) < 4.78 is 5.06. The summed E-state index contributed by atoms with van der Waals surface area (Å²) in [7, 11) is 1.58. The van der Waals surface area contributed by atoms with Gasteiger partial charge in [-0.3, -0.25) is 10.2 Å². The Labute approximate surface area is 139 Å². The van der Waals surface area contributed by atoms with Crippen LogP contribution in [0.5, 0.6) is 5.75 Å². The van der Waals surface area contributed by atoms with E-state index < -0.39 is 6.09 Å². The lowest BCUT2D eigenvalue weighted by Gasteiger charge is -2.04. The molecule has 5 heteroatoms. The number of nitrogens with one attached hydrogen (secondary N) is 1. The minimum atomic E-state index is -0.656. The van der Waals surface area contributed by atoms with Crippen molar-refractivity contribution in [3.05, 3.63) is 72.3 Å². The molecule has 0 aliphatic rings. The number of benzene rings is 3. The third-order valence-electron chi connectivity index (χ3n) is 3.49. The van der Waals surface area contributed by atoms with Crippen LogP contribution in [0, 0.1) is 0 Å². The van der Waals surface area contributed by atoms with Gasteiger partial charge in [-0.05, 0) is 35.0 Å². The average Bonchev–Trinajstić information content (AvgIpc) is 2.62. The van der Waals surface area contributed by atoms with Crippen LogP contribution in [-0.4, -0.2) is 19.4 Å². The Morgan fingerprint density at radius 1 is 1.00 bits per heavy atom. The fraction of sp³-hybridized carbons (Fsp3) is 0.0526. The van der Waals surface area contributed by atoms with Crippen LogP contribution >= 0.6 is 0 Å². The van der Waals surface area contributed by atoms with Crippen molar-refractivity contribution in [2.75, 3.05) is 12.4 Å². The van der Waals surface area contributed by atoms with E-state index in [1.807, 2.05) is 42.5 Å². The second-order valence-electron chi connectivity index (χ2n) is 5.04. The first kappa shape index (κ1) is 15.6. The smallest absolute Gasteiger partial charge is 0.437 e. The monoisotopic (exact) mass is 320 g/mol.